The van der Waals surface area contributed by atoms with E-state index in [2.05, 4.69) is 0 Å². The summed E-state index contributed by atoms with van der Waals surface area (Å²) in [6.45, 7) is 1.93. The lowest BCUT2D eigenvalue weighted by Gasteiger charge is -2.13. The third kappa shape index (κ3) is 2.62. The third-order valence-corrected chi connectivity index (χ3v) is 4.87. The first-order valence-corrected chi connectivity index (χ1v) is 8.35. The number of nitrogens with zero attached hydrogens (tertiary/aromatic N) is 1. The summed E-state index contributed by atoms with van der Waals surface area (Å²) in [6, 6.07) is 19.8. The predicted octanol–water partition coefficient (Wildman–Crippen LogP) is 5.81. The minimum atomic E-state index is -4.41. The van der Waals surface area contributed by atoms with Crippen molar-refractivity contribution >= 4 is 21.7 Å². The highest BCUT2D eigenvalue weighted by Gasteiger charge is 2.36. The lowest BCUT2D eigenvalue weighted by atomic mass is 9.97. The lowest BCUT2D eigenvalue weighted by molar-refractivity contribution is -0.633. The Hall–Kier alpha value is -2.88. The normalized spacial score (nSPS) is 12.0. The Balaban J connectivity index is 2.09. The van der Waals surface area contributed by atoms with Crippen molar-refractivity contribution in [2.45, 2.75) is 13.1 Å². The highest BCUT2D eigenvalue weighted by Crippen LogP contribution is 2.37. The second-order valence-electron chi connectivity index (χ2n) is 6.53. The smallest absolute Gasteiger partial charge is 0.194 e. The monoisotopic (exact) mass is 352 g/mol. The van der Waals surface area contributed by atoms with Crippen LogP contribution in [0, 0.1) is 6.92 Å². The summed E-state index contributed by atoms with van der Waals surface area (Å²) in [4.78, 5) is 0. The fraction of sp³-hybridized carbons (Fsp3) is 0.136. The van der Waals surface area contributed by atoms with Gasteiger partial charge in [-0.2, -0.15) is 17.7 Å². The molecule has 0 aliphatic carbocycles. The summed E-state index contributed by atoms with van der Waals surface area (Å²) in [5.74, 6) is 0. The van der Waals surface area contributed by atoms with Crippen LogP contribution in [0.15, 0.2) is 66.7 Å². The first-order chi connectivity index (χ1) is 12.4. The summed E-state index contributed by atoms with van der Waals surface area (Å²) in [5.41, 5.74) is 2.27. The molecular weight excluding hydrogens is 335 g/mol. The van der Waals surface area contributed by atoms with Crippen molar-refractivity contribution < 1.29 is 17.7 Å². The third-order valence-electron chi connectivity index (χ3n) is 4.87. The zero-order valence-corrected chi connectivity index (χ0v) is 14.4. The zero-order valence-electron chi connectivity index (χ0n) is 14.4. The van der Waals surface area contributed by atoms with E-state index >= 15 is 0 Å². The van der Waals surface area contributed by atoms with Crippen molar-refractivity contribution in [2.75, 3.05) is 0 Å². The zero-order chi connectivity index (χ0) is 18.5. The molecule has 0 N–H and O–H groups in total. The molecule has 1 aromatic heterocycles. The Labute approximate surface area is 149 Å². The van der Waals surface area contributed by atoms with Crippen LogP contribution in [0.2, 0.25) is 0 Å². The predicted molar refractivity (Wildman–Crippen MR) is 97.8 cm³/mol. The van der Waals surface area contributed by atoms with Crippen molar-refractivity contribution in [3.05, 3.63) is 77.9 Å². The number of halogens is 3. The van der Waals surface area contributed by atoms with Crippen molar-refractivity contribution in [1.29, 1.82) is 0 Å². The maximum absolute atomic E-state index is 13.7. The first-order valence-electron chi connectivity index (χ1n) is 8.35. The Bertz CT molecular complexity index is 1140. The van der Waals surface area contributed by atoms with Gasteiger partial charge < -0.3 is 0 Å². The van der Waals surface area contributed by atoms with E-state index in [1.165, 1.54) is 12.1 Å². The summed E-state index contributed by atoms with van der Waals surface area (Å²) in [7, 11) is 1.81. The lowest BCUT2D eigenvalue weighted by Crippen LogP contribution is -2.33. The Morgan fingerprint density at radius 2 is 1.42 bits per heavy atom. The van der Waals surface area contributed by atoms with E-state index in [1.807, 2.05) is 54.9 Å². The van der Waals surface area contributed by atoms with E-state index in [0.717, 1.165) is 21.9 Å². The van der Waals surface area contributed by atoms with Gasteiger partial charge in [0.2, 0.25) is 11.2 Å². The molecule has 26 heavy (non-hydrogen) atoms. The standard InChI is InChI=1S/C22H17F3N/c1-14-11-15-7-3-4-8-16(15)12-18(14)21-13-19(22(23,24)25)17-9-5-6-10-20(17)26(21)2/h3-13H,1-2H3/q+1. The highest BCUT2D eigenvalue weighted by molar-refractivity contribution is 5.89. The number of para-hydroxylation sites is 1. The molecular formula is C22H17F3N+. The number of hydrogen-bond acceptors (Lipinski definition) is 0. The van der Waals surface area contributed by atoms with E-state index in [-0.39, 0.29) is 5.39 Å². The molecule has 0 aliphatic heterocycles. The van der Waals surface area contributed by atoms with Crippen LogP contribution >= 0.6 is 0 Å². The largest absolute Gasteiger partial charge is 0.417 e. The Morgan fingerprint density at radius 1 is 0.808 bits per heavy atom. The summed E-state index contributed by atoms with van der Waals surface area (Å²) < 4.78 is 42.9. The SMILES string of the molecule is Cc1cc2ccccc2cc1-c1cc(C(F)(F)F)c2ccccc2[n+]1C. The molecule has 0 amide bonds. The van der Waals surface area contributed by atoms with Gasteiger partial charge >= 0.3 is 6.18 Å². The van der Waals surface area contributed by atoms with Gasteiger partial charge in [0, 0.05) is 17.7 Å². The topological polar surface area (TPSA) is 3.88 Å². The molecule has 3 aromatic carbocycles. The van der Waals surface area contributed by atoms with Gasteiger partial charge in [-0.05, 0) is 35.4 Å². The van der Waals surface area contributed by atoms with E-state index in [9.17, 15) is 13.2 Å². The van der Waals surface area contributed by atoms with Gasteiger partial charge in [0.05, 0.1) is 10.9 Å². The average molecular weight is 352 g/mol. The van der Waals surface area contributed by atoms with Gasteiger partial charge in [0.25, 0.3) is 0 Å². The van der Waals surface area contributed by atoms with Crippen molar-refractivity contribution in [3.8, 4) is 11.3 Å². The molecule has 0 aliphatic rings. The van der Waals surface area contributed by atoms with Crippen LogP contribution in [0.4, 0.5) is 13.2 Å². The number of aromatic nitrogens is 1. The maximum atomic E-state index is 13.7. The van der Waals surface area contributed by atoms with Crippen LogP contribution in [-0.4, -0.2) is 0 Å². The first kappa shape index (κ1) is 16.6. The van der Waals surface area contributed by atoms with Gasteiger partial charge in [0.1, 0.15) is 7.05 Å². The molecule has 4 aromatic rings. The van der Waals surface area contributed by atoms with Crippen molar-refractivity contribution in [1.82, 2.24) is 0 Å². The van der Waals surface area contributed by atoms with Crippen LogP contribution in [-0.2, 0) is 13.2 Å². The minimum Gasteiger partial charge on any atom is -0.194 e. The van der Waals surface area contributed by atoms with Gasteiger partial charge in [0.15, 0.2) is 0 Å². The Kier molecular flexibility index (Phi) is 3.72. The van der Waals surface area contributed by atoms with Gasteiger partial charge in [-0.3, -0.25) is 0 Å². The fourth-order valence-electron chi connectivity index (χ4n) is 3.56. The van der Waals surface area contributed by atoms with Crippen LogP contribution < -0.4 is 4.57 Å². The van der Waals surface area contributed by atoms with Crippen LogP contribution in [0.3, 0.4) is 0 Å². The minimum absolute atomic E-state index is 0.213. The Morgan fingerprint density at radius 3 is 2.12 bits per heavy atom. The molecule has 0 fully saturated rings. The number of fused-ring (bicyclic) bond motifs is 2. The fourth-order valence-corrected chi connectivity index (χ4v) is 3.56. The van der Waals surface area contributed by atoms with Gasteiger partial charge in [-0.25, -0.2) is 0 Å². The molecule has 4 heteroatoms. The summed E-state index contributed by atoms with van der Waals surface area (Å²) >= 11 is 0. The van der Waals surface area contributed by atoms with Gasteiger partial charge in [-0.1, -0.05) is 42.5 Å². The van der Waals surface area contributed by atoms with E-state index in [0.29, 0.717) is 11.2 Å². The molecule has 4 rings (SSSR count). The quantitative estimate of drug-likeness (QED) is 0.381. The van der Waals surface area contributed by atoms with Crippen molar-refractivity contribution in [2.24, 2.45) is 7.05 Å². The highest BCUT2D eigenvalue weighted by atomic mass is 19.4. The number of hydrogen-bond donors (Lipinski definition) is 0. The second kappa shape index (κ2) is 5.84. The van der Waals surface area contributed by atoms with Gasteiger partial charge in [-0.15, -0.1) is 0 Å². The maximum Gasteiger partial charge on any atom is 0.417 e. The number of pyridine rings is 1. The average Bonchev–Trinajstić information content (AvgIpc) is 2.61. The summed E-state index contributed by atoms with van der Waals surface area (Å²) in [5, 5.41) is 2.30. The summed E-state index contributed by atoms with van der Waals surface area (Å²) in [6.07, 6.45) is -4.41. The molecule has 0 saturated heterocycles. The van der Waals surface area contributed by atoms with E-state index < -0.39 is 11.7 Å². The van der Waals surface area contributed by atoms with Crippen LogP contribution in [0.25, 0.3) is 32.9 Å². The van der Waals surface area contributed by atoms with E-state index in [1.54, 1.807) is 18.2 Å². The molecule has 1 nitrogen and oxygen atoms in total. The molecule has 130 valence electrons. The number of alkyl halides is 3. The van der Waals surface area contributed by atoms with Crippen LogP contribution in [0.5, 0.6) is 0 Å². The molecule has 0 radical (unpaired) electrons. The van der Waals surface area contributed by atoms with Crippen molar-refractivity contribution in [3.63, 3.8) is 0 Å². The second-order valence-corrected chi connectivity index (χ2v) is 6.53. The molecule has 0 bridgehead atoms. The molecule has 0 atom stereocenters. The number of aryl methyl sites for hydroxylation is 2. The molecule has 0 spiro atoms. The molecule has 0 unspecified atom stereocenters. The van der Waals surface area contributed by atoms with Crippen LogP contribution in [0.1, 0.15) is 11.1 Å². The number of rotatable bonds is 1. The molecule has 1 heterocycles. The number of benzene rings is 3. The van der Waals surface area contributed by atoms with E-state index in [4.69, 9.17) is 0 Å². The molecule has 0 saturated carbocycles.